The van der Waals surface area contributed by atoms with Gasteiger partial charge in [-0.3, -0.25) is 0 Å². The van der Waals surface area contributed by atoms with Gasteiger partial charge in [0.2, 0.25) is 0 Å². The number of nitriles is 1. The SMILES string of the molecule is Cc1cccc(NCCCc2nn(-c3ccccc3)c(N)c2C#N)n1. The lowest BCUT2D eigenvalue weighted by Gasteiger charge is -2.05. The van der Waals surface area contributed by atoms with Crippen LogP contribution in [-0.4, -0.2) is 21.3 Å². The number of benzene rings is 1. The van der Waals surface area contributed by atoms with Crippen molar-refractivity contribution in [2.24, 2.45) is 0 Å². The zero-order valence-electron chi connectivity index (χ0n) is 14.1. The molecule has 126 valence electrons. The van der Waals surface area contributed by atoms with Gasteiger partial charge >= 0.3 is 0 Å². The highest BCUT2D eigenvalue weighted by Crippen LogP contribution is 2.21. The molecule has 0 atom stereocenters. The zero-order valence-corrected chi connectivity index (χ0v) is 14.1. The van der Waals surface area contributed by atoms with Crippen LogP contribution in [0.25, 0.3) is 5.69 Å². The summed E-state index contributed by atoms with van der Waals surface area (Å²) < 4.78 is 1.63. The molecule has 0 spiro atoms. The van der Waals surface area contributed by atoms with E-state index in [0.29, 0.717) is 17.8 Å². The zero-order chi connectivity index (χ0) is 17.6. The molecule has 1 aromatic carbocycles. The molecular weight excluding hydrogens is 312 g/mol. The minimum Gasteiger partial charge on any atom is -0.382 e. The molecule has 2 aromatic heterocycles. The topological polar surface area (TPSA) is 92.5 Å². The number of pyridine rings is 1. The lowest BCUT2D eigenvalue weighted by atomic mass is 10.1. The second-order valence-corrected chi connectivity index (χ2v) is 5.76. The van der Waals surface area contributed by atoms with Gasteiger partial charge in [0.1, 0.15) is 23.3 Å². The van der Waals surface area contributed by atoms with Crippen molar-refractivity contribution in [1.82, 2.24) is 14.8 Å². The van der Waals surface area contributed by atoms with Gasteiger partial charge in [0, 0.05) is 12.2 Å². The number of aryl methyl sites for hydroxylation is 2. The van der Waals surface area contributed by atoms with E-state index in [4.69, 9.17) is 5.73 Å². The molecule has 0 saturated carbocycles. The van der Waals surface area contributed by atoms with Crippen molar-refractivity contribution < 1.29 is 0 Å². The van der Waals surface area contributed by atoms with Crippen LogP contribution in [0.5, 0.6) is 0 Å². The third-order valence-electron chi connectivity index (χ3n) is 3.89. The normalized spacial score (nSPS) is 10.4. The summed E-state index contributed by atoms with van der Waals surface area (Å²) in [6.45, 7) is 2.71. The molecule has 0 saturated heterocycles. The highest BCUT2D eigenvalue weighted by Gasteiger charge is 2.15. The molecule has 0 radical (unpaired) electrons. The molecule has 25 heavy (non-hydrogen) atoms. The Morgan fingerprint density at radius 3 is 2.68 bits per heavy atom. The average molecular weight is 332 g/mol. The third-order valence-corrected chi connectivity index (χ3v) is 3.89. The molecule has 0 aliphatic carbocycles. The fraction of sp³-hybridized carbons (Fsp3) is 0.211. The second kappa shape index (κ2) is 7.49. The van der Waals surface area contributed by atoms with Gasteiger partial charge in [-0.2, -0.15) is 10.4 Å². The molecule has 3 aromatic rings. The van der Waals surface area contributed by atoms with Crippen molar-refractivity contribution in [2.45, 2.75) is 19.8 Å². The van der Waals surface area contributed by atoms with Crippen LogP contribution in [0.3, 0.4) is 0 Å². The molecule has 0 unspecified atom stereocenters. The highest BCUT2D eigenvalue weighted by molar-refractivity contribution is 5.56. The first-order valence-electron chi connectivity index (χ1n) is 8.19. The van der Waals surface area contributed by atoms with Gasteiger partial charge in [-0.1, -0.05) is 24.3 Å². The van der Waals surface area contributed by atoms with Crippen LogP contribution in [0.2, 0.25) is 0 Å². The van der Waals surface area contributed by atoms with Gasteiger partial charge in [0.15, 0.2) is 0 Å². The van der Waals surface area contributed by atoms with Crippen molar-refractivity contribution in [3.63, 3.8) is 0 Å². The number of nitrogens with one attached hydrogen (secondary N) is 1. The van der Waals surface area contributed by atoms with E-state index >= 15 is 0 Å². The minimum atomic E-state index is 0.386. The van der Waals surface area contributed by atoms with E-state index in [0.717, 1.165) is 35.9 Å². The number of nitrogens with two attached hydrogens (primary N) is 1. The van der Waals surface area contributed by atoms with Crippen LogP contribution in [0.4, 0.5) is 11.6 Å². The molecule has 2 heterocycles. The number of rotatable bonds is 6. The largest absolute Gasteiger partial charge is 0.382 e. The van der Waals surface area contributed by atoms with Crippen LogP contribution in [0, 0.1) is 18.3 Å². The molecule has 0 aliphatic heterocycles. The van der Waals surface area contributed by atoms with E-state index in [-0.39, 0.29) is 0 Å². The second-order valence-electron chi connectivity index (χ2n) is 5.76. The molecule has 3 rings (SSSR count). The Labute approximate surface area is 146 Å². The summed E-state index contributed by atoms with van der Waals surface area (Å²) in [6.07, 6.45) is 1.50. The molecule has 3 N–H and O–H groups in total. The van der Waals surface area contributed by atoms with E-state index in [9.17, 15) is 5.26 Å². The van der Waals surface area contributed by atoms with Crippen LogP contribution >= 0.6 is 0 Å². The Morgan fingerprint density at radius 2 is 1.96 bits per heavy atom. The summed E-state index contributed by atoms with van der Waals surface area (Å²) in [5.74, 6) is 1.24. The number of nitrogen functional groups attached to an aromatic ring is 1. The minimum absolute atomic E-state index is 0.386. The Kier molecular flexibility index (Phi) is 4.95. The van der Waals surface area contributed by atoms with E-state index in [1.54, 1.807) is 4.68 Å². The maximum Gasteiger partial charge on any atom is 0.145 e. The van der Waals surface area contributed by atoms with Crippen molar-refractivity contribution in [2.75, 3.05) is 17.6 Å². The lowest BCUT2D eigenvalue weighted by Crippen LogP contribution is -2.05. The first kappa shape index (κ1) is 16.5. The standard InChI is InChI=1S/C19H20N6/c1-14-7-5-11-18(23-14)22-12-6-10-17-16(13-20)19(21)25(24-17)15-8-3-2-4-9-15/h2-5,7-9,11H,6,10,12,21H2,1H3,(H,22,23). The van der Waals surface area contributed by atoms with Gasteiger partial charge in [0.05, 0.1) is 11.4 Å². The summed E-state index contributed by atoms with van der Waals surface area (Å²) in [5, 5.41) is 17.2. The van der Waals surface area contributed by atoms with E-state index in [1.165, 1.54) is 0 Å². The van der Waals surface area contributed by atoms with Gasteiger partial charge in [-0.15, -0.1) is 0 Å². The summed E-state index contributed by atoms with van der Waals surface area (Å²) >= 11 is 0. The number of nitrogens with zero attached hydrogens (tertiary/aromatic N) is 4. The van der Waals surface area contributed by atoms with Gasteiger partial charge in [-0.05, 0) is 44.0 Å². The predicted molar refractivity (Wildman–Crippen MR) is 98.5 cm³/mol. The van der Waals surface area contributed by atoms with Crippen LogP contribution in [0.1, 0.15) is 23.4 Å². The average Bonchev–Trinajstić information content (AvgIpc) is 2.95. The number of hydrogen-bond acceptors (Lipinski definition) is 5. The fourth-order valence-corrected chi connectivity index (χ4v) is 2.65. The van der Waals surface area contributed by atoms with Gasteiger partial charge in [0.25, 0.3) is 0 Å². The van der Waals surface area contributed by atoms with Crippen molar-refractivity contribution in [3.05, 3.63) is 65.5 Å². The summed E-state index contributed by atoms with van der Waals surface area (Å²) in [4.78, 5) is 4.41. The maximum absolute atomic E-state index is 9.42. The third kappa shape index (κ3) is 3.78. The van der Waals surface area contributed by atoms with Crippen molar-refractivity contribution in [3.8, 4) is 11.8 Å². The lowest BCUT2D eigenvalue weighted by molar-refractivity contribution is 0.789. The van der Waals surface area contributed by atoms with Crippen molar-refractivity contribution in [1.29, 1.82) is 5.26 Å². The summed E-state index contributed by atoms with van der Waals surface area (Å²) in [7, 11) is 0. The number of anilines is 2. The Balaban J connectivity index is 1.67. The number of aromatic nitrogens is 3. The number of para-hydroxylation sites is 1. The number of hydrogen-bond donors (Lipinski definition) is 2. The van der Waals surface area contributed by atoms with Crippen LogP contribution < -0.4 is 11.1 Å². The first-order chi connectivity index (χ1) is 12.2. The predicted octanol–water partition coefficient (Wildman–Crippen LogP) is 3.07. The fourth-order valence-electron chi connectivity index (χ4n) is 2.65. The van der Waals surface area contributed by atoms with Gasteiger partial charge in [-0.25, -0.2) is 9.67 Å². The molecular formula is C19H20N6. The molecule has 6 nitrogen and oxygen atoms in total. The summed E-state index contributed by atoms with van der Waals surface area (Å²) in [5.41, 5.74) is 9.12. The maximum atomic E-state index is 9.42. The van der Waals surface area contributed by atoms with Crippen molar-refractivity contribution >= 4 is 11.6 Å². The molecule has 0 fully saturated rings. The van der Waals surface area contributed by atoms with E-state index in [2.05, 4.69) is 21.5 Å². The smallest absolute Gasteiger partial charge is 0.145 e. The monoisotopic (exact) mass is 332 g/mol. The first-order valence-corrected chi connectivity index (χ1v) is 8.19. The van der Waals surface area contributed by atoms with Gasteiger partial charge < -0.3 is 11.1 Å². The van der Waals surface area contributed by atoms with Crippen LogP contribution in [-0.2, 0) is 6.42 Å². The molecule has 0 aliphatic rings. The molecule has 6 heteroatoms. The summed E-state index contributed by atoms with van der Waals surface area (Å²) in [6, 6.07) is 17.7. The van der Waals surface area contributed by atoms with Crippen LogP contribution in [0.15, 0.2) is 48.5 Å². The molecule has 0 bridgehead atoms. The van der Waals surface area contributed by atoms with E-state index in [1.807, 2.05) is 55.5 Å². The Bertz CT molecular complexity index is 892. The Morgan fingerprint density at radius 1 is 1.16 bits per heavy atom. The molecule has 0 amide bonds. The van der Waals surface area contributed by atoms with E-state index < -0.39 is 0 Å². The quantitative estimate of drug-likeness (QED) is 0.677. The highest BCUT2D eigenvalue weighted by atomic mass is 15.3. The Hall–Kier alpha value is -3.33.